The van der Waals surface area contributed by atoms with E-state index in [1.54, 1.807) is 20.0 Å². The van der Waals surface area contributed by atoms with Crippen LogP contribution in [0.2, 0.25) is 0 Å². The van der Waals surface area contributed by atoms with Gasteiger partial charge in [0.1, 0.15) is 5.82 Å². The molecular formula is C6H8N2OS. The van der Waals surface area contributed by atoms with Crippen molar-refractivity contribution in [1.82, 2.24) is 8.96 Å². The third-order valence-corrected chi connectivity index (χ3v) is 1.65. The summed E-state index contributed by atoms with van der Waals surface area (Å²) in [5, 5.41) is 0. The molecule has 1 aromatic rings. The van der Waals surface area contributed by atoms with Gasteiger partial charge in [0.25, 0.3) is 5.56 Å². The molecule has 0 fully saturated rings. The Kier molecular flexibility index (Phi) is 1.80. The maximum Gasteiger partial charge on any atom is 0.275 e. The number of aryl methyl sites for hydroxylation is 2. The summed E-state index contributed by atoms with van der Waals surface area (Å²) in [6.07, 6.45) is 1.65. The molecule has 0 saturated heterocycles. The van der Waals surface area contributed by atoms with Crippen LogP contribution in [0.25, 0.3) is 0 Å². The zero-order valence-corrected chi connectivity index (χ0v) is 6.72. The highest BCUT2D eigenvalue weighted by molar-refractivity contribution is 7.78. The minimum atomic E-state index is -0.178. The molecule has 10 heavy (non-hydrogen) atoms. The predicted molar refractivity (Wildman–Crippen MR) is 42.4 cm³/mol. The van der Waals surface area contributed by atoms with Crippen molar-refractivity contribution >= 4 is 12.8 Å². The molecule has 0 saturated carbocycles. The highest BCUT2D eigenvalue weighted by Gasteiger charge is 1.96. The SMILES string of the molecule is Cc1cn(S)c(C)nc1=O. The fourth-order valence-electron chi connectivity index (χ4n) is 0.618. The molecule has 0 aliphatic rings. The molecule has 3 nitrogen and oxygen atoms in total. The van der Waals surface area contributed by atoms with Crippen molar-refractivity contribution in [1.29, 1.82) is 0 Å². The molecule has 1 aromatic heterocycles. The molecule has 0 aliphatic carbocycles. The van der Waals surface area contributed by atoms with Gasteiger partial charge in [-0.05, 0) is 13.8 Å². The summed E-state index contributed by atoms with van der Waals surface area (Å²) in [5.74, 6) is 0.610. The van der Waals surface area contributed by atoms with E-state index in [1.165, 1.54) is 3.97 Å². The Morgan fingerprint density at radius 3 is 2.70 bits per heavy atom. The first-order chi connectivity index (χ1) is 4.61. The topological polar surface area (TPSA) is 34.9 Å². The molecule has 1 rings (SSSR count). The molecule has 0 spiro atoms. The van der Waals surface area contributed by atoms with Gasteiger partial charge in [0, 0.05) is 11.8 Å². The Bertz CT molecular complexity index is 305. The molecule has 0 aliphatic heterocycles. The van der Waals surface area contributed by atoms with Crippen molar-refractivity contribution in [3.63, 3.8) is 0 Å². The normalized spacial score (nSPS) is 9.90. The van der Waals surface area contributed by atoms with Crippen molar-refractivity contribution in [3.8, 4) is 0 Å². The maximum atomic E-state index is 10.8. The highest BCUT2D eigenvalue weighted by Crippen LogP contribution is 1.94. The second-order valence-corrected chi connectivity index (χ2v) is 2.55. The van der Waals surface area contributed by atoms with E-state index < -0.39 is 0 Å². The maximum absolute atomic E-state index is 10.8. The lowest BCUT2D eigenvalue weighted by molar-refractivity contribution is 0.958. The van der Waals surface area contributed by atoms with E-state index in [9.17, 15) is 4.79 Å². The number of aromatic nitrogens is 2. The van der Waals surface area contributed by atoms with E-state index in [4.69, 9.17) is 0 Å². The van der Waals surface area contributed by atoms with Crippen LogP contribution in [0.1, 0.15) is 11.4 Å². The summed E-state index contributed by atoms with van der Waals surface area (Å²) in [7, 11) is 0. The second-order valence-electron chi connectivity index (χ2n) is 2.12. The molecule has 54 valence electrons. The Hall–Kier alpha value is -0.770. The highest BCUT2D eigenvalue weighted by atomic mass is 32.1. The second kappa shape index (κ2) is 2.46. The fraction of sp³-hybridized carbons (Fsp3) is 0.333. The number of rotatable bonds is 0. The Morgan fingerprint density at radius 2 is 2.20 bits per heavy atom. The van der Waals surface area contributed by atoms with Gasteiger partial charge in [0.05, 0.1) is 0 Å². The van der Waals surface area contributed by atoms with Crippen molar-refractivity contribution in [2.24, 2.45) is 0 Å². The molecule has 0 N–H and O–H groups in total. The monoisotopic (exact) mass is 156 g/mol. The lowest BCUT2D eigenvalue weighted by Crippen LogP contribution is -2.13. The largest absolute Gasteiger partial charge is 0.281 e. The number of thiol groups is 1. The van der Waals surface area contributed by atoms with E-state index in [0.29, 0.717) is 11.4 Å². The summed E-state index contributed by atoms with van der Waals surface area (Å²) in [5.41, 5.74) is 0.434. The fourth-order valence-corrected chi connectivity index (χ4v) is 0.836. The summed E-state index contributed by atoms with van der Waals surface area (Å²) in [4.78, 5) is 14.5. The average Bonchev–Trinajstić information content (AvgIpc) is 1.84. The minimum Gasteiger partial charge on any atom is -0.281 e. The van der Waals surface area contributed by atoms with Crippen LogP contribution in [-0.2, 0) is 0 Å². The first-order valence-electron chi connectivity index (χ1n) is 2.87. The zero-order chi connectivity index (χ0) is 7.72. The van der Waals surface area contributed by atoms with Crippen LogP contribution >= 0.6 is 12.8 Å². The molecular weight excluding hydrogens is 148 g/mol. The van der Waals surface area contributed by atoms with Gasteiger partial charge in [-0.3, -0.25) is 8.77 Å². The van der Waals surface area contributed by atoms with Gasteiger partial charge in [-0.1, -0.05) is 12.8 Å². The van der Waals surface area contributed by atoms with E-state index in [0.717, 1.165) is 0 Å². The molecule has 0 unspecified atom stereocenters. The molecule has 0 bridgehead atoms. The zero-order valence-electron chi connectivity index (χ0n) is 5.83. The van der Waals surface area contributed by atoms with Gasteiger partial charge < -0.3 is 0 Å². The van der Waals surface area contributed by atoms with Crippen molar-refractivity contribution in [3.05, 3.63) is 27.9 Å². The van der Waals surface area contributed by atoms with Crippen molar-refractivity contribution in [2.45, 2.75) is 13.8 Å². The molecule has 1 heterocycles. The van der Waals surface area contributed by atoms with Gasteiger partial charge in [-0.2, -0.15) is 4.98 Å². The lowest BCUT2D eigenvalue weighted by Gasteiger charge is -1.99. The van der Waals surface area contributed by atoms with Crippen LogP contribution in [-0.4, -0.2) is 8.96 Å². The van der Waals surface area contributed by atoms with Gasteiger partial charge in [0.2, 0.25) is 0 Å². The van der Waals surface area contributed by atoms with Crippen LogP contribution in [0.3, 0.4) is 0 Å². The molecule has 0 aromatic carbocycles. The van der Waals surface area contributed by atoms with E-state index >= 15 is 0 Å². The van der Waals surface area contributed by atoms with Crippen LogP contribution in [0.15, 0.2) is 11.0 Å². The summed E-state index contributed by atoms with van der Waals surface area (Å²) in [6.45, 7) is 3.44. The number of hydrogen-bond acceptors (Lipinski definition) is 3. The Balaban J connectivity index is 3.43. The van der Waals surface area contributed by atoms with Gasteiger partial charge in [0.15, 0.2) is 0 Å². The van der Waals surface area contributed by atoms with E-state index in [-0.39, 0.29) is 5.56 Å². The number of hydrogen-bond donors (Lipinski definition) is 1. The minimum absolute atomic E-state index is 0.178. The Morgan fingerprint density at radius 1 is 1.60 bits per heavy atom. The van der Waals surface area contributed by atoms with Gasteiger partial charge in [-0.25, -0.2) is 0 Å². The van der Waals surface area contributed by atoms with Crippen LogP contribution < -0.4 is 5.56 Å². The first-order valence-corrected chi connectivity index (χ1v) is 3.27. The smallest absolute Gasteiger partial charge is 0.275 e. The van der Waals surface area contributed by atoms with Gasteiger partial charge in [-0.15, -0.1) is 0 Å². The first kappa shape index (κ1) is 7.34. The predicted octanol–water partition coefficient (Wildman–Crippen LogP) is 0.553. The standard InChI is InChI=1S/C6H8N2OS/c1-4-3-8(10)5(2)7-6(4)9/h3,10H,1-2H3. The molecule has 0 amide bonds. The molecule has 0 radical (unpaired) electrons. The summed E-state index contributed by atoms with van der Waals surface area (Å²) >= 11 is 4.03. The quantitative estimate of drug-likeness (QED) is 0.557. The van der Waals surface area contributed by atoms with Crippen LogP contribution in [0.5, 0.6) is 0 Å². The molecule has 0 atom stereocenters. The third kappa shape index (κ3) is 1.21. The van der Waals surface area contributed by atoms with Crippen LogP contribution in [0.4, 0.5) is 0 Å². The Labute approximate surface area is 64.3 Å². The van der Waals surface area contributed by atoms with Crippen LogP contribution in [0, 0.1) is 13.8 Å². The lowest BCUT2D eigenvalue weighted by atomic mass is 10.4. The summed E-state index contributed by atoms with van der Waals surface area (Å²) in [6, 6.07) is 0. The average molecular weight is 156 g/mol. The summed E-state index contributed by atoms with van der Waals surface area (Å²) < 4.78 is 1.52. The van der Waals surface area contributed by atoms with Gasteiger partial charge >= 0.3 is 0 Å². The van der Waals surface area contributed by atoms with E-state index in [1.807, 2.05) is 0 Å². The van der Waals surface area contributed by atoms with Crippen molar-refractivity contribution < 1.29 is 0 Å². The van der Waals surface area contributed by atoms with Crippen molar-refractivity contribution in [2.75, 3.05) is 0 Å². The molecule has 4 heteroatoms. The van der Waals surface area contributed by atoms with E-state index in [2.05, 4.69) is 17.8 Å². The number of nitrogens with zero attached hydrogens (tertiary/aromatic N) is 2. The third-order valence-electron chi connectivity index (χ3n) is 1.25.